The van der Waals surface area contributed by atoms with Crippen molar-refractivity contribution in [2.75, 3.05) is 13.2 Å². The summed E-state index contributed by atoms with van der Waals surface area (Å²) in [6, 6.07) is 14.5. The summed E-state index contributed by atoms with van der Waals surface area (Å²) in [5.41, 5.74) is 7.23. The van der Waals surface area contributed by atoms with Crippen LogP contribution >= 0.6 is 0 Å². The number of sulfonamides is 1. The molecule has 1 aliphatic carbocycles. The monoisotopic (exact) mass is 688 g/mol. The van der Waals surface area contributed by atoms with E-state index in [2.05, 4.69) is 16.0 Å². The molecule has 254 valence electrons. The Labute approximate surface area is 289 Å². The lowest BCUT2D eigenvalue weighted by molar-refractivity contribution is -0.117. The molecule has 4 fully saturated rings. The van der Waals surface area contributed by atoms with Crippen LogP contribution in [0.3, 0.4) is 0 Å². The molecule has 2 bridgehead atoms. The van der Waals surface area contributed by atoms with Gasteiger partial charge in [0.15, 0.2) is 5.58 Å². The van der Waals surface area contributed by atoms with Gasteiger partial charge in [-0.15, -0.1) is 0 Å². The lowest BCUT2D eigenvalue weighted by atomic mass is 9.68. The van der Waals surface area contributed by atoms with E-state index in [0.29, 0.717) is 58.2 Å². The van der Waals surface area contributed by atoms with Crippen molar-refractivity contribution < 1.29 is 17.6 Å². The van der Waals surface area contributed by atoms with Crippen molar-refractivity contribution in [3.8, 4) is 28.3 Å². The number of hydrogen-bond acceptors (Lipinski definition) is 9. The van der Waals surface area contributed by atoms with Crippen LogP contribution in [0.5, 0.6) is 0 Å². The average Bonchev–Trinajstić information content (AvgIpc) is 3.81. The van der Waals surface area contributed by atoms with Crippen molar-refractivity contribution in [1.82, 2.24) is 23.8 Å². The molecule has 4 aromatic heterocycles. The Morgan fingerprint density at radius 2 is 1.88 bits per heavy atom. The van der Waals surface area contributed by atoms with Gasteiger partial charge in [-0.2, -0.15) is 9.57 Å². The van der Waals surface area contributed by atoms with Gasteiger partial charge in [-0.05, 0) is 111 Å². The number of aromatic nitrogens is 4. The first-order valence-corrected chi connectivity index (χ1v) is 18.8. The Morgan fingerprint density at radius 1 is 1.04 bits per heavy atom. The maximum absolute atomic E-state index is 14.5. The van der Waals surface area contributed by atoms with E-state index in [-0.39, 0.29) is 22.9 Å². The highest BCUT2D eigenvalue weighted by Crippen LogP contribution is 2.53. The molecule has 4 aliphatic heterocycles. The minimum Gasteiger partial charge on any atom is -0.408 e. The molecule has 5 aliphatic rings. The largest absolute Gasteiger partial charge is 0.420 e. The van der Waals surface area contributed by atoms with Crippen LogP contribution in [0.1, 0.15) is 79.3 Å². The fourth-order valence-electron chi connectivity index (χ4n) is 8.64. The zero-order valence-corrected chi connectivity index (χ0v) is 28.6. The molecule has 12 heteroatoms. The van der Waals surface area contributed by atoms with Crippen molar-refractivity contribution >= 4 is 21.1 Å². The van der Waals surface area contributed by atoms with Crippen molar-refractivity contribution in [1.29, 1.82) is 5.26 Å². The molecular weight excluding hydrogens is 653 g/mol. The van der Waals surface area contributed by atoms with E-state index in [0.717, 1.165) is 74.1 Å². The fraction of sp³-hybridized carbons (Fsp3) is 0.395. The Hall–Kier alpha value is -4.70. The molecule has 0 unspecified atom stereocenters. The normalized spacial score (nSPS) is 23.6. The molecular formula is C38H36N6O5S. The number of nitriles is 1. The molecule has 1 atom stereocenters. The summed E-state index contributed by atoms with van der Waals surface area (Å²) in [6.45, 7) is 3.31. The summed E-state index contributed by atoms with van der Waals surface area (Å²) in [5.74, 6) is -0.550. The van der Waals surface area contributed by atoms with Gasteiger partial charge < -0.3 is 9.15 Å². The Balaban J connectivity index is 1.23. The van der Waals surface area contributed by atoms with Gasteiger partial charge in [0.05, 0.1) is 47.8 Å². The second-order valence-electron chi connectivity index (χ2n) is 14.3. The van der Waals surface area contributed by atoms with Crippen molar-refractivity contribution in [2.45, 2.75) is 81.9 Å². The molecule has 0 radical (unpaired) electrons. The summed E-state index contributed by atoms with van der Waals surface area (Å²) < 4.78 is 44.0. The second kappa shape index (κ2) is 11.7. The van der Waals surface area contributed by atoms with Crippen molar-refractivity contribution in [3.63, 3.8) is 0 Å². The van der Waals surface area contributed by atoms with Crippen LogP contribution in [-0.4, -0.2) is 51.5 Å². The Kier molecular flexibility index (Phi) is 7.31. The van der Waals surface area contributed by atoms with E-state index in [4.69, 9.17) is 19.4 Å². The highest BCUT2D eigenvalue weighted by Gasteiger charge is 2.49. The van der Waals surface area contributed by atoms with Crippen LogP contribution in [0, 0.1) is 23.7 Å². The van der Waals surface area contributed by atoms with Gasteiger partial charge in [0.25, 0.3) is 0 Å². The number of oxazole rings is 1. The number of pyridine rings is 3. The highest BCUT2D eigenvalue weighted by molar-refractivity contribution is 7.89. The van der Waals surface area contributed by atoms with Crippen LogP contribution in [0.25, 0.3) is 33.4 Å². The smallest absolute Gasteiger partial charge is 0.408 e. The molecule has 5 aromatic rings. The van der Waals surface area contributed by atoms with Gasteiger partial charge in [0, 0.05) is 41.5 Å². The van der Waals surface area contributed by atoms with Crippen molar-refractivity contribution in [3.05, 3.63) is 93.7 Å². The van der Waals surface area contributed by atoms with Crippen molar-refractivity contribution in [2.24, 2.45) is 5.41 Å². The zero-order valence-electron chi connectivity index (χ0n) is 27.8. The summed E-state index contributed by atoms with van der Waals surface area (Å²) >= 11 is 0. The molecule has 10 rings (SSSR count). The third-order valence-corrected chi connectivity index (χ3v) is 13.3. The lowest BCUT2D eigenvalue weighted by Gasteiger charge is -2.46. The molecule has 0 amide bonds. The molecule has 50 heavy (non-hydrogen) atoms. The van der Waals surface area contributed by atoms with E-state index < -0.39 is 15.8 Å². The first kappa shape index (κ1) is 31.3. The highest BCUT2D eigenvalue weighted by atomic mass is 32.2. The minimum absolute atomic E-state index is 0.0987. The number of benzene rings is 1. The lowest BCUT2D eigenvalue weighted by Crippen LogP contribution is -2.42. The minimum atomic E-state index is -3.86. The molecule has 0 spiro atoms. The van der Waals surface area contributed by atoms with Crippen LogP contribution in [0.15, 0.2) is 69.0 Å². The molecule has 8 heterocycles. The Bertz CT molecular complexity index is 2370. The Morgan fingerprint density at radius 3 is 2.62 bits per heavy atom. The van der Waals surface area contributed by atoms with Crippen LogP contribution in [0.4, 0.5) is 0 Å². The third kappa shape index (κ3) is 5.01. The summed E-state index contributed by atoms with van der Waals surface area (Å²) in [7, 11) is -3.86. The first-order valence-electron chi connectivity index (χ1n) is 17.4. The van der Waals surface area contributed by atoms with Gasteiger partial charge in [-0.3, -0.25) is 19.5 Å². The van der Waals surface area contributed by atoms with Gasteiger partial charge in [-0.25, -0.2) is 13.2 Å². The maximum atomic E-state index is 14.5. The summed E-state index contributed by atoms with van der Waals surface area (Å²) in [5, 5.41) is 9.15. The standard InChI is InChI=1S/C38H36N6O5S/c1-23-17-26(11-15-40-23)33-29(10-14-38-12-8-28(9-13-38)48-22-38)42-35-31-3-2-16-44(31)50(46,47)36(35)34(33)25-5-7-30-32(18-25)49-37(45)43(30)21-27-6-4-24(19-39)20-41-27/h4-7,11,15,17-18,20,28,31H,2-3,8-10,12-14,16,21-22H2,1H3/t28?,31-,38?/m0/s1. The van der Waals surface area contributed by atoms with Crippen LogP contribution in [0.2, 0.25) is 0 Å². The quantitative estimate of drug-likeness (QED) is 0.199. The number of fused-ring (bicyclic) bond motifs is 7. The van der Waals surface area contributed by atoms with Gasteiger partial charge in [-0.1, -0.05) is 6.07 Å². The topological polar surface area (TPSA) is 144 Å². The zero-order chi connectivity index (χ0) is 34.2. The molecule has 1 aromatic carbocycles. The number of aryl methyl sites for hydroxylation is 2. The third-order valence-electron chi connectivity index (χ3n) is 11.3. The van der Waals surface area contributed by atoms with Crippen LogP contribution in [-0.2, 0) is 27.7 Å². The predicted molar refractivity (Wildman–Crippen MR) is 185 cm³/mol. The van der Waals surface area contributed by atoms with Crippen LogP contribution < -0.4 is 5.76 Å². The molecule has 3 saturated heterocycles. The number of hydrogen-bond donors (Lipinski definition) is 0. The van der Waals surface area contributed by atoms with E-state index in [9.17, 15) is 13.2 Å². The van der Waals surface area contributed by atoms with Gasteiger partial charge in [0.1, 0.15) is 11.0 Å². The predicted octanol–water partition coefficient (Wildman–Crippen LogP) is 6.07. The maximum Gasteiger partial charge on any atom is 0.420 e. The number of rotatable bonds is 7. The second-order valence-corrected chi connectivity index (χ2v) is 16.1. The van der Waals surface area contributed by atoms with E-state index in [1.54, 1.807) is 28.7 Å². The molecule has 11 nitrogen and oxygen atoms in total. The number of nitrogens with zero attached hydrogens (tertiary/aromatic N) is 6. The first-order chi connectivity index (χ1) is 24.2. The molecule has 1 saturated carbocycles. The molecule has 0 N–H and O–H groups in total. The average molecular weight is 689 g/mol. The van der Waals surface area contributed by atoms with E-state index in [1.807, 2.05) is 31.2 Å². The van der Waals surface area contributed by atoms with E-state index >= 15 is 0 Å². The van der Waals surface area contributed by atoms with Gasteiger partial charge >= 0.3 is 5.76 Å². The number of ether oxygens (including phenoxy) is 1. The summed E-state index contributed by atoms with van der Waals surface area (Å²) in [6.07, 6.45) is 11.2. The van der Waals surface area contributed by atoms with Gasteiger partial charge in [0.2, 0.25) is 10.0 Å². The van der Waals surface area contributed by atoms with E-state index in [1.165, 1.54) is 10.8 Å². The fourth-order valence-corrected chi connectivity index (χ4v) is 10.7. The summed E-state index contributed by atoms with van der Waals surface area (Å²) in [4.78, 5) is 27.5. The SMILES string of the molecule is Cc1cc(-c2c(CCC34CCC(CC3)OC4)nc3c(c2-c2ccc4c(c2)oc(=O)n4Cc2ccc(C#N)cn2)S(=O)(=O)N2CCC[C@@H]32)ccn1.